The molecule has 0 spiro atoms. The molecule has 0 saturated carbocycles. The third-order valence-electron chi connectivity index (χ3n) is 3.59. The van der Waals surface area contributed by atoms with E-state index < -0.39 is 0 Å². The van der Waals surface area contributed by atoms with Crippen molar-refractivity contribution in [3.8, 4) is 11.5 Å². The topological polar surface area (TPSA) is 60.5 Å². The van der Waals surface area contributed by atoms with E-state index in [1.54, 1.807) is 37.6 Å². The maximum absolute atomic E-state index is 12.7. The highest BCUT2D eigenvalue weighted by atomic mass is 16.5. The maximum Gasteiger partial charge on any atom is 0.259 e. The average molecular weight is 322 g/mol. The molecular weight excluding hydrogens is 304 g/mol. The van der Waals surface area contributed by atoms with Crippen LogP contribution >= 0.6 is 0 Å². The number of ether oxygens (including phenoxy) is 2. The zero-order chi connectivity index (χ0) is 16.9. The Morgan fingerprint density at radius 1 is 1.17 bits per heavy atom. The molecule has 0 fully saturated rings. The van der Waals surface area contributed by atoms with E-state index in [0.29, 0.717) is 34.9 Å². The van der Waals surface area contributed by atoms with Crippen LogP contribution in [0.1, 0.15) is 17.3 Å². The van der Waals surface area contributed by atoms with E-state index in [2.05, 4.69) is 10.3 Å². The first kappa shape index (κ1) is 15.8. The molecule has 1 N–H and O–H groups in total. The molecule has 0 aliphatic heterocycles. The average Bonchev–Trinajstić information content (AvgIpc) is 2.62. The highest BCUT2D eigenvalue weighted by molar-refractivity contribution is 6.10. The number of anilines is 1. The van der Waals surface area contributed by atoms with Crippen molar-refractivity contribution < 1.29 is 14.3 Å². The summed E-state index contributed by atoms with van der Waals surface area (Å²) in [6.07, 6.45) is 1.69. The van der Waals surface area contributed by atoms with Crippen molar-refractivity contribution in [2.75, 3.05) is 19.0 Å². The number of methoxy groups -OCH3 is 1. The molecule has 1 aromatic heterocycles. The number of nitrogens with one attached hydrogen (secondary N) is 1. The Kier molecular flexibility index (Phi) is 4.61. The van der Waals surface area contributed by atoms with Crippen LogP contribution in [0.25, 0.3) is 10.9 Å². The minimum Gasteiger partial charge on any atom is -0.497 e. The summed E-state index contributed by atoms with van der Waals surface area (Å²) in [5.41, 5.74) is 1.79. The molecule has 0 bridgehead atoms. The summed E-state index contributed by atoms with van der Waals surface area (Å²) >= 11 is 0. The first-order valence-corrected chi connectivity index (χ1v) is 7.69. The summed E-state index contributed by atoms with van der Waals surface area (Å²) in [7, 11) is 1.59. The van der Waals surface area contributed by atoms with Crippen molar-refractivity contribution in [3.05, 3.63) is 60.3 Å². The second-order valence-electron chi connectivity index (χ2n) is 5.13. The van der Waals surface area contributed by atoms with Gasteiger partial charge in [0.2, 0.25) is 0 Å². The Morgan fingerprint density at radius 2 is 2.00 bits per heavy atom. The second-order valence-corrected chi connectivity index (χ2v) is 5.13. The fourth-order valence-electron chi connectivity index (χ4n) is 2.50. The lowest BCUT2D eigenvalue weighted by atomic mass is 10.1. The third kappa shape index (κ3) is 3.15. The molecule has 3 rings (SSSR count). The van der Waals surface area contributed by atoms with Crippen LogP contribution in [0.3, 0.4) is 0 Å². The number of para-hydroxylation sites is 1. The van der Waals surface area contributed by atoms with E-state index >= 15 is 0 Å². The lowest BCUT2D eigenvalue weighted by Crippen LogP contribution is -2.14. The van der Waals surface area contributed by atoms with Gasteiger partial charge in [-0.1, -0.05) is 18.2 Å². The molecule has 0 atom stereocenters. The number of aromatic nitrogens is 1. The van der Waals surface area contributed by atoms with Crippen LogP contribution in [0.4, 0.5) is 5.69 Å². The highest BCUT2D eigenvalue weighted by Crippen LogP contribution is 2.29. The van der Waals surface area contributed by atoms with Gasteiger partial charge in [-0.05, 0) is 31.2 Å². The number of pyridine rings is 1. The van der Waals surface area contributed by atoms with Crippen LogP contribution in [0, 0.1) is 0 Å². The van der Waals surface area contributed by atoms with Crippen molar-refractivity contribution >= 4 is 22.5 Å². The standard InChI is InChI=1S/C19H18N2O3/c1-3-24-17-9-5-4-8-15(17)19(22)21-16-12-14(23-2)11-13-7-6-10-20-18(13)16/h4-12H,3H2,1-2H3,(H,21,22). The number of amides is 1. The number of carbonyl (C=O) groups is 1. The van der Waals surface area contributed by atoms with Crippen LogP contribution < -0.4 is 14.8 Å². The summed E-state index contributed by atoms with van der Waals surface area (Å²) in [4.78, 5) is 17.1. The Morgan fingerprint density at radius 3 is 2.79 bits per heavy atom. The third-order valence-corrected chi connectivity index (χ3v) is 3.59. The van der Waals surface area contributed by atoms with E-state index in [1.807, 2.05) is 31.2 Å². The first-order valence-electron chi connectivity index (χ1n) is 7.69. The predicted molar refractivity (Wildman–Crippen MR) is 93.9 cm³/mol. The van der Waals surface area contributed by atoms with E-state index in [0.717, 1.165) is 5.39 Å². The van der Waals surface area contributed by atoms with Crippen LogP contribution in [0.2, 0.25) is 0 Å². The van der Waals surface area contributed by atoms with Crippen LogP contribution in [-0.2, 0) is 0 Å². The molecule has 0 radical (unpaired) electrons. The van der Waals surface area contributed by atoms with Crippen LogP contribution in [-0.4, -0.2) is 24.6 Å². The molecule has 1 heterocycles. The van der Waals surface area contributed by atoms with Gasteiger partial charge in [-0.25, -0.2) is 0 Å². The summed E-state index contributed by atoms with van der Waals surface area (Å²) in [6, 6.07) is 14.6. The summed E-state index contributed by atoms with van der Waals surface area (Å²) < 4.78 is 10.8. The van der Waals surface area contributed by atoms with Crippen LogP contribution in [0.5, 0.6) is 11.5 Å². The minimum absolute atomic E-state index is 0.251. The lowest BCUT2D eigenvalue weighted by Gasteiger charge is -2.12. The van der Waals surface area contributed by atoms with Crippen molar-refractivity contribution in [3.63, 3.8) is 0 Å². The van der Waals surface area contributed by atoms with Crippen molar-refractivity contribution in [2.45, 2.75) is 6.92 Å². The van der Waals surface area contributed by atoms with Crippen LogP contribution in [0.15, 0.2) is 54.7 Å². The molecule has 0 aliphatic carbocycles. The predicted octanol–water partition coefficient (Wildman–Crippen LogP) is 3.89. The van der Waals surface area contributed by atoms with E-state index in [4.69, 9.17) is 9.47 Å². The molecule has 122 valence electrons. The number of nitrogens with zero attached hydrogens (tertiary/aromatic N) is 1. The van der Waals surface area contributed by atoms with Gasteiger partial charge in [-0.2, -0.15) is 0 Å². The lowest BCUT2D eigenvalue weighted by molar-refractivity contribution is 0.102. The first-order chi connectivity index (χ1) is 11.7. The largest absolute Gasteiger partial charge is 0.497 e. The zero-order valence-corrected chi connectivity index (χ0v) is 13.6. The summed E-state index contributed by atoms with van der Waals surface area (Å²) in [5.74, 6) is 0.959. The Hall–Kier alpha value is -3.08. The van der Waals surface area contributed by atoms with E-state index in [-0.39, 0.29) is 5.91 Å². The summed E-state index contributed by atoms with van der Waals surface area (Å²) in [5, 5.41) is 3.81. The molecule has 0 unspecified atom stereocenters. The monoisotopic (exact) mass is 322 g/mol. The maximum atomic E-state index is 12.7. The Bertz CT molecular complexity index is 877. The molecule has 3 aromatic rings. The number of hydrogen-bond donors (Lipinski definition) is 1. The fourth-order valence-corrected chi connectivity index (χ4v) is 2.50. The quantitative estimate of drug-likeness (QED) is 0.774. The van der Waals surface area contributed by atoms with Gasteiger partial charge in [0.05, 0.1) is 30.5 Å². The smallest absolute Gasteiger partial charge is 0.259 e. The number of carbonyl (C=O) groups excluding carboxylic acids is 1. The number of benzene rings is 2. The zero-order valence-electron chi connectivity index (χ0n) is 13.6. The molecule has 0 aliphatic rings. The molecule has 24 heavy (non-hydrogen) atoms. The summed E-state index contributed by atoms with van der Waals surface area (Å²) in [6.45, 7) is 2.38. The van der Waals surface area contributed by atoms with Crippen molar-refractivity contribution in [1.29, 1.82) is 0 Å². The van der Waals surface area contributed by atoms with Gasteiger partial charge in [0.1, 0.15) is 11.5 Å². The minimum atomic E-state index is -0.251. The van der Waals surface area contributed by atoms with Gasteiger partial charge >= 0.3 is 0 Å². The second kappa shape index (κ2) is 7.00. The van der Waals surface area contributed by atoms with Gasteiger partial charge in [-0.3, -0.25) is 9.78 Å². The highest BCUT2D eigenvalue weighted by Gasteiger charge is 2.14. The van der Waals surface area contributed by atoms with Gasteiger partial charge in [0.15, 0.2) is 0 Å². The molecule has 0 saturated heterocycles. The number of fused-ring (bicyclic) bond motifs is 1. The van der Waals surface area contributed by atoms with Gasteiger partial charge in [0, 0.05) is 17.6 Å². The van der Waals surface area contributed by atoms with E-state index in [9.17, 15) is 4.79 Å². The Labute approximate surface area is 140 Å². The SMILES string of the molecule is CCOc1ccccc1C(=O)Nc1cc(OC)cc2cccnc12. The fraction of sp³-hybridized carbons (Fsp3) is 0.158. The molecule has 5 nitrogen and oxygen atoms in total. The van der Waals surface area contributed by atoms with Gasteiger partial charge < -0.3 is 14.8 Å². The normalized spacial score (nSPS) is 10.4. The molecule has 2 aromatic carbocycles. The molecule has 5 heteroatoms. The number of rotatable bonds is 5. The van der Waals surface area contributed by atoms with Gasteiger partial charge in [0.25, 0.3) is 5.91 Å². The Balaban J connectivity index is 1.99. The van der Waals surface area contributed by atoms with Crippen molar-refractivity contribution in [1.82, 2.24) is 4.98 Å². The van der Waals surface area contributed by atoms with Gasteiger partial charge in [-0.15, -0.1) is 0 Å². The number of hydrogen-bond acceptors (Lipinski definition) is 4. The van der Waals surface area contributed by atoms with E-state index in [1.165, 1.54) is 0 Å². The van der Waals surface area contributed by atoms with Crippen molar-refractivity contribution in [2.24, 2.45) is 0 Å². The molecule has 1 amide bonds. The molecular formula is C19H18N2O3.